The molecule has 3 atom stereocenters. The average molecular weight is 437 g/mol. The van der Waals surface area contributed by atoms with Crippen molar-refractivity contribution >= 4 is 18.0 Å². The summed E-state index contributed by atoms with van der Waals surface area (Å²) in [6.45, 7) is 4.07. The van der Waals surface area contributed by atoms with Crippen LogP contribution in [0.25, 0.3) is 11.1 Å². The first-order valence-electron chi connectivity index (χ1n) is 11.0. The number of piperidine rings is 1. The molecule has 32 heavy (non-hydrogen) atoms. The third-order valence-electron chi connectivity index (χ3n) is 6.46. The minimum absolute atomic E-state index is 0.0657. The largest absolute Gasteiger partial charge is 0.480 e. The first-order chi connectivity index (χ1) is 15.4. The molecular formula is C25H28N2O5. The van der Waals surface area contributed by atoms with Crippen LogP contribution in [0, 0.1) is 11.8 Å². The fourth-order valence-corrected chi connectivity index (χ4v) is 5.13. The van der Waals surface area contributed by atoms with Crippen LogP contribution in [0.5, 0.6) is 0 Å². The lowest BCUT2D eigenvalue weighted by atomic mass is 9.85. The van der Waals surface area contributed by atoms with Crippen molar-refractivity contribution in [1.82, 2.24) is 10.2 Å². The molecule has 1 heterocycles. The number of hydrogen-bond acceptors (Lipinski definition) is 4. The molecule has 2 aromatic carbocycles. The van der Waals surface area contributed by atoms with Gasteiger partial charge in [-0.3, -0.25) is 4.79 Å². The summed E-state index contributed by atoms with van der Waals surface area (Å²) in [6.07, 6.45) is 0.0609. The summed E-state index contributed by atoms with van der Waals surface area (Å²) in [5.74, 6) is -1.43. The predicted octanol–water partition coefficient (Wildman–Crippen LogP) is 3.48. The number of carboxylic acid groups (broad SMARTS) is 1. The highest BCUT2D eigenvalue weighted by Gasteiger charge is 2.39. The lowest BCUT2D eigenvalue weighted by Gasteiger charge is -2.40. The molecule has 1 aliphatic heterocycles. The van der Waals surface area contributed by atoms with Crippen molar-refractivity contribution in [3.8, 4) is 11.1 Å². The summed E-state index contributed by atoms with van der Waals surface area (Å²) in [4.78, 5) is 38.1. The number of carboxylic acids is 1. The van der Waals surface area contributed by atoms with E-state index in [1.54, 1.807) is 0 Å². The summed E-state index contributed by atoms with van der Waals surface area (Å²) in [5.41, 5.74) is 4.50. The van der Waals surface area contributed by atoms with Gasteiger partial charge in [0, 0.05) is 12.5 Å². The molecule has 0 bridgehead atoms. The van der Waals surface area contributed by atoms with E-state index in [0.717, 1.165) is 28.7 Å². The molecule has 1 fully saturated rings. The number of nitrogens with one attached hydrogen (secondary N) is 1. The van der Waals surface area contributed by atoms with Crippen molar-refractivity contribution < 1.29 is 24.2 Å². The zero-order valence-electron chi connectivity index (χ0n) is 18.3. The molecule has 0 aromatic heterocycles. The Morgan fingerprint density at radius 2 is 1.62 bits per heavy atom. The summed E-state index contributed by atoms with van der Waals surface area (Å²) in [6, 6.07) is 15.2. The van der Waals surface area contributed by atoms with Crippen LogP contribution in [0.4, 0.5) is 4.79 Å². The number of carbonyl (C=O) groups is 3. The predicted molar refractivity (Wildman–Crippen MR) is 119 cm³/mol. The smallest absolute Gasteiger partial charge is 0.407 e. The third-order valence-corrected chi connectivity index (χ3v) is 6.46. The molecule has 4 rings (SSSR count). The monoisotopic (exact) mass is 436 g/mol. The Morgan fingerprint density at radius 1 is 1.03 bits per heavy atom. The number of carbonyl (C=O) groups excluding carboxylic acids is 2. The van der Waals surface area contributed by atoms with Crippen LogP contribution in [0.15, 0.2) is 48.5 Å². The molecule has 3 unspecified atom stereocenters. The number of likely N-dealkylation sites (tertiary alicyclic amines) is 1. The number of hydrogen-bond donors (Lipinski definition) is 2. The normalized spacial score (nSPS) is 22.1. The fraction of sp³-hybridized carbons (Fsp3) is 0.400. The molecule has 0 saturated carbocycles. The molecule has 0 spiro atoms. The molecule has 2 amide bonds. The van der Waals surface area contributed by atoms with Crippen molar-refractivity contribution in [2.75, 3.05) is 19.7 Å². The highest BCUT2D eigenvalue weighted by molar-refractivity contribution is 5.87. The SMILES string of the molecule is CC1CC(C)C(C(=O)O)N(C(=O)CNC(=O)OCC2c3ccccc3-c3ccccc32)C1. The molecule has 7 heteroatoms. The van der Waals surface area contributed by atoms with Crippen LogP contribution in [0.3, 0.4) is 0 Å². The van der Waals surface area contributed by atoms with E-state index in [0.29, 0.717) is 6.54 Å². The van der Waals surface area contributed by atoms with Gasteiger partial charge in [-0.2, -0.15) is 0 Å². The zero-order chi connectivity index (χ0) is 22.8. The maximum atomic E-state index is 12.7. The van der Waals surface area contributed by atoms with Crippen molar-refractivity contribution in [3.63, 3.8) is 0 Å². The fourth-order valence-electron chi connectivity index (χ4n) is 5.13. The van der Waals surface area contributed by atoms with Gasteiger partial charge in [-0.1, -0.05) is 62.4 Å². The van der Waals surface area contributed by atoms with E-state index < -0.39 is 24.0 Å². The maximum absolute atomic E-state index is 12.7. The van der Waals surface area contributed by atoms with E-state index in [9.17, 15) is 19.5 Å². The van der Waals surface area contributed by atoms with Gasteiger partial charge in [0.1, 0.15) is 19.2 Å². The molecular weight excluding hydrogens is 408 g/mol. The highest BCUT2D eigenvalue weighted by atomic mass is 16.5. The van der Waals surface area contributed by atoms with E-state index in [1.807, 2.05) is 50.2 Å². The Hall–Kier alpha value is -3.35. The van der Waals surface area contributed by atoms with E-state index in [1.165, 1.54) is 4.90 Å². The van der Waals surface area contributed by atoms with E-state index in [2.05, 4.69) is 17.4 Å². The molecule has 1 saturated heterocycles. The van der Waals surface area contributed by atoms with E-state index in [-0.39, 0.29) is 30.9 Å². The van der Waals surface area contributed by atoms with Gasteiger partial charge in [0.25, 0.3) is 0 Å². The van der Waals surface area contributed by atoms with Crippen molar-refractivity contribution in [2.45, 2.75) is 32.2 Å². The van der Waals surface area contributed by atoms with E-state index in [4.69, 9.17) is 4.74 Å². The van der Waals surface area contributed by atoms with Crippen molar-refractivity contribution in [3.05, 3.63) is 59.7 Å². The average Bonchev–Trinajstić information content (AvgIpc) is 3.09. The second-order valence-electron chi connectivity index (χ2n) is 8.83. The molecule has 1 aliphatic carbocycles. The van der Waals surface area contributed by atoms with Crippen LogP contribution < -0.4 is 5.32 Å². The number of fused-ring (bicyclic) bond motifs is 3. The second kappa shape index (κ2) is 9.02. The Bertz CT molecular complexity index is 991. The number of alkyl carbamates (subject to hydrolysis) is 1. The van der Waals surface area contributed by atoms with Crippen LogP contribution in [-0.2, 0) is 14.3 Å². The number of amides is 2. The van der Waals surface area contributed by atoms with Gasteiger partial charge in [-0.25, -0.2) is 9.59 Å². The number of benzene rings is 2. The Morgan fingerprint density at radius 3 is 2.22 bits per heavy atom. The van der Waals surface area contributed by atoms with Crippen molar-refractivity contribution in [1.29, 1.82) is 0 Å². The third kappa shape index (κ3) is 4.20. The quantitative estimate of drug-likeness (QED) is 0.748. The van der Waals surface area contributed by atoms with Gasteiger partial charge < -0.3 is 20.1 Å². The Balaban J connectivity index is 1.36. The summed E-state index contributed by atoms with van der Waals surface area (Å²) in [5, 5.41) is 12.0. The molecule has 168 valence electrons. The highest BCUT2D eigenvalue weighted by Crippen LogP contribution is 2.44. The molecule has 2 aromatic rings. The van der Waals surface area contributed by atoms with E-state index >= 15 is 0 Å². The number of rotatable bonds is 5. The van der Waals surface area contributed by atoms with Gasteiger partial charge in [0.15, 0.2) is 0 Å². The minimum atomic E-state index is -1.01. The molecule has 7 nitrogen and oxygen atoms in total. The van der Waals surface area contributed by atoms with Crippen LogP contribution >= 0.6 is 0 Å². The second-order valence-corrected chi connectivity index (χ2v) is 8.83. The number of ether oxygens (including phenoxy) is 1. The lowest BCUT2D eigenvalue weighted by Crippen LogP contribution is -2.56. The number of nitrogens with zero attached hydrogens (tertiary/aromatic N) is 1. The molecule has 0 radical (unpaired) electrons. The summed E-state index contributed by atoms with van der Waals surface area (Å²) >= 11 is 0. The molecule has 2 aliphatic rings. The number of aliphatic carboxylic acids is 1. The minimum Gasteiger partial charge on any atom is -0.480 e. The summed E-state index contributed by atoms with van der Waals surface area (Å²) < 4.78 is 5.46. The van der Waals surface area contributed by atoms with Gasteiger partial charge in [-0.15, -0.1) is 0 Å². The topological polar surface area (TPSA) is 95.9 Å². The first-order valence-corrected chi connectivity index (χ1v) is 11.0. The Labute approximate surface area is 187 Å². The van der Waals surface area contributed by atoms with Crippen LogP contribution in [0.2, 0.25) is 0 Å². The summed E-state index contributed by atoms with van der Waals surface area (Å²) in [7, 11) is 0. The van der Waals surface area contributed by atoms with Gasteiger partial charge in [0.05, 0.1) is 0 Å². The first kappa shape index (κ1) is 21.9. The van der Waals surface area contributed by atoms with Crippen LogP contribution in [-0.4, -0.2) is 53.7 Å². The maximum Gasteiger partial charge on any atom is 0.407 e. The van der Waals surface area contributed by atoms with Crippen LogP contribution in [0.1, 0.15) is 37.3 Å². The standard InChI is InChI=1S/C25H28N2O5/c1-15-11-16(2)23(24(29)30)27(13-15)22(28)12-26-25(31)32-14-21-19-9-5-3-7-17(19)18-8-4-6-10-20(18)21/h3-10,15-16,21,23H,11-14H2,1-2H3,(H,26,31)(H,29,30). The van der Waals surface area contributed by atoms with Gasteiger partial charge in [0.2, 0.25) is 5.91 Å². The zero-order valence-corrected chi connectivity index (χ0v) is 18.3. The van der Waals surface area contributed by atoms with Gasteiger partial charge in [-0.05, 0) is 40.5 Å². The molecule has 2 N–H and O–H groups in total. The van der Waals surface area contributed by atoms with Crippen molar-refractivity contribution in [2.24, 2.45) is 11.8 Å². The van der Waals surface area contributed by atoms with Gasteiger partial charge >= 0.3 is 12.1 Å². The lowest BCUT2D eigenvalue weighted by molar-refractivity contribution is -0.155. The Kier molecular flexibility index (Phi) is 6.17.